The number of allylic oxidation sites excluding steroid dienone is 2. The second-order valence-electron chi connectivity index (χ2n) is 4.80. The number of hydrogen-bond acceptors (Lipinski definition) is 3. The average molecular weight is 262 g/mol. The first kappa shape index (κ1) is 15.3. The van der Waals surface area contributed by atoms with Crippen molar-refractivity contribution >= 4 is 5.97 Å². The molecular formula is C16H22O3. The number of carbonyl (C=O) groups excluding carboxylic acids is 1. The Kier molecular flexibility index (Phi) is 6.13. The summed E-state index contributed by atoms with van der Waals surface area (Å²) in [5.41, 5.74) is 1.86. The van der Waals surface area contributed by atoms with Crippen LogP contribution in [-0.4, -0.2) is 19.2 Å². The van der Waals surface area contributed by atoms with Crippen molar-refractivity contribution in [1.82, 2.24) is 0 Å². The zero-order chi connectivity index (χ0) is 14.3. The van der Waals surface area contributed by atoms with E-state index in [9.17, 15) is 4.79 Å². The minimum atomic E-state index is -0.330. The third-order valence-electron chi connectivity index (χ3n) is 2.74. The molecule has 0 saturated carbocycles. The lowest BCUT2D eigenvalue weighted by molar-refractivity contribution is 0.0600. The summed E-state index contributed by atoms with van der Waals surface area (Å²) < 4.78 is 10.4. The van der Waals surface area contributed by atoms with Crippen molar-refractivity contribution in [2.24, 2.45) is 0 Å². The number of esters is 1. The molecule has 1 unspecified atom stereocenters. The lowest BCUT2D eigenvalue weighted by Crippen LogP contribution is -2.11. The van der Waals surface area contributed by atoms with Gasteiger partial charge < -0.3 is 9.47 Å². The average Bonchev–Trinajstić information content (AvgIpc) is 2.38. The van der Waals surface area contributed by atoms with Gasteiger partial charge in [0.25, 0.3) is 0 Å². The van der Waals surface area contributed by atoms with E-state index in [0.717, 1.165) is 18.6 Å². The Labute approximate surface area is 115 Å². The first-order valence-corrected chi connectivity index (χ1v) is 6.51. The molecule has 0 saturated heterocycles. The molecule has 0 N–H and O–H groups in total. The van der Waals surface area contributed by atoms with Crippen LogP contribution in [0.15, 0.2) is 35.9 Å². The summed E-state index contributed by atoms with van der Waals surface area (Å²) in [4.78, 5) is 11.3. The van der Waals surface area contributed by atoms with Gasteiger partial charge in [-0.1, -0.05) is 11.6 Å². The van der Waals surface area contributed by atoms with Gasteiger partial charge in [-0.2, -0.15) is 0 Å². The van der Waals surface area contributed by atoms with Gasteiger partial charge >= 0.3 is 5.97 Å². The van der Waals surface area contributed by atoms with Crippen molar-refractivity contribution in [3.05, 3.63) is 41.5 Å². The molecule has 0 aliphatic carbocycles. The molecule has 0 aliphatic rings. The summed E-state index contributed by atoms with van der Waals surface area (Å²) in [6.07, 6.45) is 4.35. The molecule has 1 aromatic carbocycles. The summed E-state index contributed by atoms with van der Waals surface area (Å²) in [5.74, 6) is 0.445. The Hall–Kier alpha value is -1.77. The first-order chi connectivity index (χ1) is 9.02. The second-order valence-corrected chi connectivity index (χ2v) is 4.80. The fourth-order valence-corrected chi connectivity index (χ4v) is 1.69. The molecule has 0 radical (unpaired) electrons. The number of hydrogen-bond donors (Lipinski definition) is 0. The predicted molar refractivity (Wildman–Crippen MR) is 76.5 cm³/mol. The van der Waals surface area contributed by atoms with Gasteiger partial charge in [-0.15, -0.1) is 0 Å². The summed E-state index contributed by atoms with van der Waals surface area (Å²) in [6, 6.07) is 7.02. The number of benzene rings is 1. The van der Waals surface area contributed by atoms with Gasteiger partial charge in [0.15, 0.2) is 0 Å². The van der Waals surface area contributed by atoms with E-state index >= 15 is 0 Å². The van der Waals surface area contributed by atoms with Gasteiger partial charge in [-0.3, -0.25) is 0 Å². The van der Waals surface area contributed by atoms with Crippen LogP contribution in [0.5, 0.6) is 5.75 Å². The van der Waals surface area contributed by atoms with Gasteiger partial charge in [0.2, 0.25) is 0 Å². The van der Waals surface area contributed by atoms with Crippen molar-refractivity contribution in [3.63, 3.8) is 0 Å². The summed E-state index contributed by atoms with van der Waals surface area (Å²) in [5, 5.41) is 0. The number of carbonyl (C=O) groups is 1. The maximum atomic E-state index is 11.3. The molecule has 0 aromatic heterocycles. The quantitative estimate of drug-likeness (QED) is 0.574. The van der Waals surface area contributed by atoms with Gasteiger partial charge in [0.1, 0.15) is 5.75 Å². The molecule has 0 amide bonds. The van der Waals surface area contributed by atoms with Gasteiger partial charge in [0, 0.05) is 0 Å². The number of methoxy groups -OCH3 is 1. The Balaban J connectivity index is 2.48. The topological polar surface area (TPSA) is 35.5 Å². The molecule has 1 atom stereocenters. The van der Waals surface area contributed by atoms with E-state index in [2.05, 4.69) is 24.7 Å². The fraction of sp³-hybridized carbons (Fsp3) is 0.438. The van der Waals surface area contributed by atoms with Crippen LogP contribution in [0.25, 0.3) is 0 Å². The molecule has 0 spiro atoms. The summed E-state index contributed by atoms with van der Waals surface area (Å²) in [6.45, 7) is 6.24. The molecule has 0 bridgehead atoms. The molecular weight excluding hydrogens is 240 g/mol. The normalized spacial score (nSPS) is 11.6. The third-order valence-corrected chi connectivity index (χ3v) is 2.74. The van der Waals surface area contributed by atoms with E-state index < -0.39 is 0 Å². The minimum Gasteiger partial charge on any atom is -0.491 e. The molecule has 3 heteroatoms. The molecule has 0 heterocycles. The molecule has 0 fully saturated rings. The highest BCUT2D eigenvalue weighted by atomic mass is 16.5. The van der Waals surface area contributed by atoms with E-state index in [0.29, 0.717) is 5.56 Å². The number of ether oxygens (including phenoxy) is 2. The SMILES string of the molecule is COC(=O)c1ccc(OC(C)CCC=C(C)C)cc1. The van der Waals surface area contributed by atoms with Crippen LogP contribution in [0.2, 0.25) is 0 Å². The lowest BCUT2D eigenvalue weighted by atomic mass is 10.1. The van der Waals surface area contributed by atoms with Gasteiger partial charge in [-0.05, 0) is 57.9 Å². The Morgan fingerprint density at radius 2 is 1.89 bits per heavy atom. The zero-order valence-corrected chi connectivity index (χ0v) is 12.1. The molecule has 3 nitrogen and oxygen atoms in total. The van der Waals surface area contributed by atoms with Crippen LogP contribution >= 0.6 is 0 Å². The van der Waals surface area contributed by atoms with Gasteiger partial charge in [0.05, 0.1) is 18.8 Å². The largest absolute Gasteiger partial charge is 0.491 e. The van der Waals surface area contributed by atoms with E-state index in [-0.39, 0.29) is 12.1 Å². The maximum absolute atomic E-state index is 11.3. The van der Waals surface area contributed by atoms with Crippen LogP contribution in [0.4, 0.5) is 0 Å². The van der Waals surface area contributed by atoms with Crippen molar-refractivity contribution < 1.29 is 14.3 Å². The zero-order valence-electron chi connectivity index (χ0n) is 12.1. The highest BCUT2D eigenvalue weighted by molar-refractivity contribution is 5.89. The van der Waals surface area contributed by atoms with Crippen molar-refractivity contribution in [1.29, 1.82) is 0 Å². The highest BCUT2D eigenvalue weighted by Gasteiger charge is 2.06. The maximum Gasteiger partial charge on any atom is 0.337 e. The fourth-order valence-electron chi connectivity index (χ4n) is 1.69. The minimum absolute atomic E-state index is 0.152. The summed E-state index contributed by atoms with van der Waals surface area (Å²) >= 11 is 0. The molecule has 1 rings (SSSR count). The highest BCUT2D eigenvalue weighted by Crippen LogP contribution is 2.16. The molecule has 1 aromatic rings. The predicted octanol–water partition coefficient (Wildman–Crippen LogP) is 3.99. The van der Waals surface area contributed by atoms with E-state index in [1.54, 1.807) is 24.3 Å². The van der Waals surface area contributed by atoms with Crippen LogP contribution in [0, 0.1) is 0 Å². The van der Waals surface area contributed by atoms with E-state index in [4.69, 9.17) is 4.74 Å². The van der Waals surface area contributed by atoms with Crippen molar-refractivity contribution in [2.75, 3.05) is 7.11 Å². The first-order valence-electron chi connectivity index (χ1n) is 6.51. The molecule has 104 valence electrons. The summed E-state index contributed by atoms with van der Waals surface area (Å²) in [7, 11) is 1.37. The third kappa shape index (κ3) is 5.60. The Morgan fingerprint density at radius 1 is 1.26 bits per heavy atom. The van der Waals surface area contributed by atoms with Crippen molar-refractivity contribution in [2.45, 2.75) is 39.7 Å². The van der Waals surface area contributed by atoms with Crippen LogP contribution in [0.1, 0.15) is 44.0 Å². The number of rotatable bonds is 6. The van der Waals surface area contributed by atoms with E-state index in [1.165, 1.54) is 12.7 Å². The Bertz CT molecular complexity index is 428. The second kappa shape index (κ2) is 7.62. The smallest absolute Gasteiger partial charge is 0.337 e. The van der Waals surface area contributed by atoms with Crippen LogP contribution < -0.4 is 4.74 Å². The van der Waals surface area contributed by atoms with Crippen LogP contribution in [0.3, 0.4) is 0 Å². The van der Waals surface area contributed by atoms with E-state index in [1.807, 2.05) is 6.92 Å². The molecule has 19 heavy (non-hydrogen) atoms. The standard InChI is InChI=1S/C16H22O3/c1-12(2)6-5-7-13(3)19-15-10-8-14(9-11-15)16(17)18-4/h6,8-11,13H,5,7H2,1-4H3. The lowest BCUT2D eigenvalue weighted by Gasteiger charge is -2.14. The van der Waals surface area contributed by atoms with Crippen LogP contribution in [-0.2, 0) is 4.74 Å². The Morgan fingerprint density at radius 3 is 2.42 bits per heavy atom. The monoisotopic (exact) mass is 262 g/mol. The van der Waals surface area contributed by atoms with Crippen molar-refractivity contribution in [3.8, 4) is 5.75 Å². The van der Waals surface area contributed by atoms with Gasteiger partial charge in [-0.25, -0.2) is 4.79 Å². The molecule has 0 aliphatic heterocycles.